The van der Waals surface area contributed by atoms with E-state index >= 15 is 0 Å². The zero-order chi connectivity index (χ0) is 13.1. The van der Waals surface area contributed by atoms with Crippen molar-refractivity contribution in [3.8, 4) is 0 Å². The summed E-state index contributed by atoms with van der Waals surface area (Å²) in [6.45, 7) is 2.76. The average molecular weight is 251 g/mol. The van der Waals surface area contributed by atoms with Gasteiger partial charge in [0.25, 0.3) is 0 Å². The van der Waals surface area contributed by atoms with Gasteiger partial charge in [0.05, 0.1) is 6.04 Å². The molecular weight excluding hydrogens is 234 g/mol. The Morgan fingerprint density at radius 1 is 1.05 bits per heavy atom. The lowest BCUT2D eigenvalue weighted by Crippen LogP contribution is -2.09. The molecule has 0 aromatic heterocycles. The van der Waals surface area contributed by atoms with E-state index in [1.165, 1.54) is 11.1 Å². The van der Waals surface area contributed by atoms with E-state index in [-0.39, 0.29) is 6.04 Å². The molecule has 0 N–H and O–H groups in total. The number of nitrogens with zero attached hydrogens (tertiary/aromatic N) is 1. The molecule has 0 saturated carbocycles. The van der Waals surface area contributed by atoms with Gasteiger partial charge in [-0.2, -0.15) is 0 Å². The summed E-state index contributed by atoms with van der Waals surface area (Å²) in [5.74, 6) is 0.779. The van der Waals surface area contributed by atoms with E-state index in [2.05, 4.69) is 60.4 Å². The fourth-order valence-corrected chi connectivity index (χ4v) is 2.26. The molecule has 0 spiro atoms. The zero-order valence-corrected chi connectivity index (χ0v) is 11.0. The topological polar surface area (TPSA) is 21.6 Å². The molecule has 0 radical (unpaired) electrons. The molecule has 2 aromatic carbocycles. The van der Waals surface area contributed by atoms with Crippen LogP contribution in [0.25, 0.3) is 0 Å². The highest BCUT2D eigenvalue weighted by atomic mass is 16.5. The second kappa shape index (κ2) is 5.27. The van der Waals surface area contributed by atoms with Gasteiger partial charge in [0.2, 0.25) is 5.90 Å². The quantitative estimate of drug-likeness (QED) is 0.819. The minimum absolute atomic E-state index is 0.235. The second-order valence-electron chi connectivity index (χ2n) is 4.95. The van der Waals surface area contributed by atoms with E-state index < -0.39 is 0 Å². The lowest BCUT2D eigenvalue weighted by molar-refractivity contribution is 0.317. The first kappa shape index (κ1) is 12.0. The van der Waals surface area contributed by atoms with E-state index in [1.807, 2.05) is 6.07 Å². The average Bonchev–Trinajstić information content (AvgIpc) is 2.89. The Bertz CT molecular complexity index is 572. The number of hydrogen-bond donors (Lipinski definition) is 0. The van der Waals surface area contributed by atoms with E-state index in [4.69, 9.17) is 4.74 Å². The van der Waals surface area contributed by atoms with Gasteiger partial charge >= 0.3 is 0 Å². The van der Waals surface area contributed by atoms with E-state index in [9.17, 15) is 0 Å². The Balaban J connectivity index is 1.72. The van der Waals surface area contributed by atoms with Crippen LogP contribution in [0.1, 0.15) is 16.7 Å². The summed E-state index contributed by atoms with van der Waals surface area (Å²) in [7, 11) is 0. The summed E-state index contributed by atoms with van der Waals surface area (Å²) in [6, 6.07) is 19.0. The Morgan fingerprint density at radius 2 is 1.79 bits per heavy atom. The summed E-state index contributed by atoms with van der Waals surface area (Å²) in [4.78, 5) is 4.68. The van der Waals surface area contributed by atoms with Crippen LogP contribution in [0.5, 0.6) is 0 Å². The van der Waals surface area contributed by atoms with Gasteiger partial charge in [0.1, 0.15) is 6.61 Å². The number of ether oxygens (including phenoxy) is 1. The van der Waals surface area contributed by atoms with Crippen LogP contribution in [-0.4, -0.2) is 18.5 Å². The van der Waals surface area contributed by atoms with Gasteiger partial charge in [-0.05, 0) is 31.0 Å². The maximum absolute atomic E-state index is 5.71. The lowest BCUT2D eigenvalue weighted by Gasteiger charge is -2.04. The SMILES string of the molecule is Cc1ccc(C2=NC(Cc3ccccc3)CO2)cc1. The summed E-state index contributed by atoms with van der Waals surface area (Å²) in [5.41, 5.74) is 3.63. The maximum atomic E-state index is 5.71. The molecule has 2 aromatic rings. The monoisotopic (exact) mass is 251 g/mol. The molecule has 0 bridgehead atoms. The first-order valence-corrected chi connectivity index (χ1v) is 6.63. The van der Waals surface area contributed by atoms with Crippen molar-refractivity contribution >= 4 is 5.90 Å². The van der Waals surface area contributed by atoms with Gasteiger partial charge in [-0.25, -0.2) is 4.99 Å². The van der Waals surface area contributed by atoms with E-state index in [1.54, 1.807) is 0 Å². The Morgan fingerprint density at radius 3 is 2.53 bits per heavy atom. The standard InChI is InChI=1S/C17H17NO/c1-13-7-9-15(10-8-13)17-18-16(12-19-17)11-14-5-3-2-4-6-14/h2-10,16H,11-12H2,1H3. The molecule has 0 amide bonds. The predicted molar refractivity (Wildman–Crippen MR) is 77.6 cm³/mol. The summed E-state index contributed by atoms with van der Waals surface area (Å²) >= 11 is 0. The molecule has 96 valence electrons. The van der Waals surface area contributed by atoms with Crippen molar-refractivity contribution in [1.82, 2.24) is 0 Å². The van der Waals surface area contributed by atoms with Crippen LogP contribution in [0.4, 0.5) is 0 Å². The van der Waals surface area contributed by atoms with Gasteiger partial charge in [-0.1, -0.05) is 48.0 Å². The normalized spacial score (nSPS) is 17.9. The molecule has 2 heteroatoms. The van der Waals surface area contributed by atoms with Crippen molar-refractivity contribution in [3.63, 3.8) is 0 Å². The van der Waals surface area contributed by atoms with E-state index in [0.717, 1.165) is 17.9 Å². The lowest BCUT2D eigenvalue weighted by atomic mass is 10.1. The Kier molecular flexibility index (Phi) is 3.32. The van der Waals surface area contributed by atoms with Crippen molar-refractivity contribution in [1.29, 1.82) is 0 Å². The molecule has 1 unspecified atom stereocenters. The third-order valence-corrected chi connectivity index (χ3v) is 3.32. The van der Waals surface area contributed by atoms with Crippen LogP contribution in [0.3, 0.4) is 0 Å². The molecule has 1 aliphatic heterocycles. The summed E-state index contributed by atoms with van der Waals surface area (Å²) < 4.78 is 5.71. The highest BCUT2D eigenvalue weighted by Crippen LogP contribution is 2.16. The fraction of sp³-hybridized carbons (Fsp3) is 0.235. The van der Waals surface area contributed by atoms with Crippen LogP contribution in [0.2, 0.25) is 0 Å². The molecule has 1 heterocycles. The third-order valence-electron chi connectivity index (χ3n) is 3.32. The van der Waals surface area contributed by atoms with Crippen molar-refractivity contribution in [2.45, 2.75) is 19.4 Å². The van der Waals surface area contributed by atoms with Crippen molar-refractivity contribution < 1.29 is 4.74 Å². The number of benzene rings is 2. The van der Waals surface area contributed by atoms with Gasteiger partial charge in [0.15, 0.2) is 0 Å². The summed E-state index contributed by atoms with van der Waals surface area (Å²) in [6.07, 6.45) is 0.941. The Hall–Kier alpha value is -2.09. The highest BCUT2D eigenvalue weighted by Gasteiger charge is 2.20. The molecule has 2 nitrogen and oxygen atoms in total. The molecule has 0 saturated heterocycles. The molecule has 1 atom stereocenters. The Labute approximate surface area is 113 Å². The molecule has 0 aliphatic carbocycles. The zero-order valence-electron chi connectivity index (χ0n) is 11.0. The van der Waals surface area contributed by atoms with Gasteiger partial charge in [-0.3, -0.25) is 0 Å². The summed E-state index contributed by atoms with van der Waals surface area (Å²) in [5, 5.41) is 0. The van der Waals surface area contributed by atoms with Crippen LogP contribution in [-0.2, 0) is 11.2 Å². The van der Waals surface area contributed by atoms with Crippen LogP contribution >= 0.6 is 0 Å². The minimum Gasteiger partial charge on any atom is -0.475 e. The third kappa shape index (κ3) is 2.84. The smallest absolute Gasteiger partial charge is 0.216 e. The number of hydrogen-bond acceptors (Lipinski definition) is 2. The van der Waals surface area contributed by atoms with Gasteiger partial charge in [-0.15, -0.1) is 0 Å². The van der Waals surface area contributed by atoms with Crippen molar-refractivity contribution in [2.75, 3.05) is 6.61 Å². The van der Waals surface area contributed by atoms with Crippen molar-refractivity contribution in [3.05, 3.63) is 71.3 Å². The van der Waals surface area contributed by atoms with Crippen LogP contribution in [0, 0.1) is 6.92 Å². The number of rotatable bonds is 3. The molecule has 1 aliphatic rings. The van der Waals surface area contributed by atoms with Crippen LogP contribution in [0.15, 0.2) is 59.6 Å². The van der Waals surface area contributed by atoms with E-state index in [0.29, 0.717) is 6.61 Å². The highest BCUT2D eigenvalue weighted by molar-refractivity contribution is 5.95. The number of aliphatic imine (C=N–C) groups is 1. The minimum atomic E-state index is 0.235. The second-order valence-corrected chi connectivity index (χ2v) is 4.95. The molecule has 0 fully saturated rings. The largest absolute Gasteiger partial charge is 0.475 e. The molecule has 19 heavy (non-hydrogen) atoms. The van der Waals surface area contributed by atoms with Crippen LogP contribution < -0.4 is 0 Å². The maximum Gasteiger partial charge on any atom is 0.216 e. The fourth-order valence-electron chi connectivity index (χ4n) is 2.26. The van der Waals surface area contributed by atoms with Crippen molar-refractivity contribution in [2.24, 2.45) is 4.99 Å². The molecule has 3 rings (SSSR count). The van der Waals surface area contributed by atoms with Gasteiger partial charge < -0.3 is 4.74 Å². The molecular formula is C17H17NO. The first-order chi connectivity index (χ1) is 9.31. The van der Waals surface area contributed by atoms with Gasteiger partial charge in [0, 0.05) is 5.56 Å². The predicted octanol–water partition coefficient (Wildman–Crippen LogP) is 3.38. The number of aryl methyl sites for hydroxylation is 1. The first-order valence-electron chi connectivity index (χ1n) is 6.63.